The summed E-state index contributed by atoms with van der Waals surface area (Å²) in [4.78, 5) is 27.7. The number of carbonyl (C=O) groups is 2. The molecule has 0 atom stereocenters. The summed E-state index contributed by atoms with van der Waals surface area (Å²) < 4.78 is 0.943. The fourth-order valence-electron chi connectivity index (χ4n) is 3.54. The lowest BCUT2D eigenvalue weighted by molar-refractivity contribution is 0.0949. The molecule has 3 amide bonds. The van der Waals surface area contributed by atoms with E-state index in [1.165, 1.54) is 0 Å². The average molecular weight is 487 g/mol. The molecule has 2 aromatic carbocycles. The molecule has 0 unspecified atom stereocenters. The average Bonchev–Trinajstić information content (AvgIpc) is 2.74. The first-order chi connectivity index (χ1) is 14.8. The van der Waals surface area contributed by atoms with Crippen LogP contribution in [0.2, 0.25) is 0 Å². The van der Waals surface area contributed by atoms with Crippen LogP contribution in [0.4, 0.5) is 21.9 Å². The Balaban J connectivity index is 1.77. The monoisotopic (exact) mass is 486 g/mol. The summed E-state index contributed by atoms with van der Waals surface area (Å²) in [6, 6.07) is 12.6. The number of urea groups is 1. The van der Waals surface area contributed by atoms with Crippen LogP contribution < -0.4 is 20.9 Å². The highest BCUT2D eigenvalue weighted by Gasteiger charge is 2.22. The minimum absolute atomic E-state index is 0.112. The number of nitrogens with zero attached hydrogens (tertiary/aromatic N) is 1. The standard InChI is InChI=1S/C24H31BrN4O2/c1-16(2)15-26-23(30)21-14-20(8-9-22(21)29-12-10-17(3)11-13-29)28-24(31)27-19-6-4-18(25)5-7-19/h4-9,14,16-17H,10-13,15H2,1-3H3,(H,26,30)(H2,27,28,31). The van der Waals surface area contributed by atoms with Crippen molar-refractivity contribution in [1.82, 2.24) is 5.32 Å². The summed E-state index contributed by atoms with van der Waals surface area (Å²) in [6.45, 7) is 8.88. The normalized spacial score (nSPS) is 14.4. The number of halogens is 1. The molecular weight excluding hydrogens is 456 g/mol. The highest BCUT2D eigenvalue weighted by molar-refractivity contribution is 9.10. The zero-order valence-corrected chi connectivity index (χ0v) is 20.0. The van der Waals surface area contributed by atoms with E-state index in [-0.39, 0.29) is 11.9 Å². The van der Waals surface area contributed by atoms with E-state index < -0.39 is 0 Å². The maximum absolute atomic E-state index is 13.0. The summed E-state index contributed by atoms with van der Waals surface area (Å²) in [6.07, 6.45) is 2.23. The lowest BCUT2D eigenvalue weighted by atomic mass is 9.97. The molecule has 6 nitrogen and oxygen atoms in total. The quantitative estimate of drug-likeness (QED) is 0.488. The molecule has 0 bridgehead atoms. The summed E-state index contributed by atoms with van der Waals surface area (Å²) in [5, 5.41) is 8.66. The predicted octanol–water partition coefficient (Wildman–Crippen LogP) is 5.72. The van der Waals surface area contributed by atoms with Gasteiger partial charge in [-0.15, -0.1) is 0 Å². The van der Waals surface area contributed by atoms with Gasteiger partial charge < -0.3 is 20.9 Å². The van der Waals surface area contributed by atoms with Gasteiger partial charge in [0.25, 0.3) is 5.91 Å². The van der Waals surface area contributed by atoms with Crippen molar-refractivity contribution in [2.24, 2.45) is 11.8 Å². The van der Waals surface area contributed by atoms with Crippen molar-refractivity contribution >= 4 is 44.9 Å². The third kappa shape index (κ3) is 6.72. The second kappa shape index (κ2) is 10.7. The van der Waals surface area contributed by atoms with Crippen molar-refractivity contribution in [2.45, 2.75) is 33.6 Å². The topological polar surface area (TPSA) is 73.5 Å². The van der Waals surface area contributed by atoms with Crippen LogP contribution >= 0.6 is 15.9 Å². The summed E-state index contributed by atoms with van der Waals surface area (Å²) in [7, 11) is 0. The molecule has 1 fully saturated rings. The van der Waals surface area contributed by atoms with Gasteiger partial charge in [-0.25, -0.2) is 4.79 Å². The van der Waals surface area contributed by atoms with Gasteiger partial charge in [0.1, 0.15) is 0 Å². The van der Waals surface area contributed by atoms with E-state index in [1.807, 2.05) is 36.4 Å². The minimum Gasteiger partial charge on any atom is -0.371 e. The molecule has 3 N–H and O–H groups in total. The lowest BCUT2D eigenvalue weighted by Gasteiger charge is -2.33. The molecule has 0 aliphatic carbocycles. The SMILES string of the molecule is CC(C)CNC(=O)c1cc(NC(=O)Nc2ccc(Br)cc2)ccc1N1CCC(C)CC1. The molecule has 3 rings (SSSR count). The van der Waals surface area contributed by atoms with E-state index in [4.69, 9.17) is 0 Å². The fourth-order valence-corrected chi connectivity index (χ4v) is 3.80. The molecule has 0 saturated carbocycles. The number of carbonyl (C=O) groups excluding carboxylic acids is 2. The van der Waals surface area contributed by atoms with Crippen molar-refractivity contribution in [2.75, 3.05) is 35.2 Å². The molecule has 31 heavy (non-hydrogen) atoms. The Labute approximate surface area is 192 Å². The van der Waals surface area contributed by atoms with Gasteiger partial charge in [-0.05, 0) is 67.1 Å². The molecule has 7 heteroatoms. The zero-order valence-electron chi connectivity index (χ0n) is 18.4. The van der Waals surface area contributed by atoms with E-state index in [9.17, 15) is 9.59 Å². The highest BCUT2D eigenvalue weighted by atomic mass is 79.9. The second-order valence-electron chi connectivity index (χ2n) is 8.59. The van der Waals surface area contributed by atoms with Gasteiger partial charge in [0.15, 0.2) is 0 Å². The maximum Gasteiger partial charge on any atom is 0.323 e. The third-order valence-corrected chi connectivity index (χ3v) is 5.92. The van der Waals surface area contributed by atoms with E-state index in [1.54, 1.807) is 6.07 Å². The molecular formula is C24H31BrN4O2. The van der Waals surface area contributed by atoms with Crippen molar-refractivity contribution in [3.05, 3.63) is 52.5 Å². The first kappa shape index (κ1) is 23.1. The number of rotatable bonds is 6. The predicted molar refractivity (Wildman–Crippen MR) is 131 cm³/mol. The number of nitrogens with one attached hydrogen (secondary N) is 3. The largest absolute Gasteiger partial charge is 0.371 e. The summed E-state index contributed by atoms with van der Waals surface area (Å²) in [5.41, 5.74) is 2.79. The van der Waals surface area contributed by atoms with Crippen LogP contribution in [0, 0.1) is 11.8 Å². The van der Waals surface area contributed by atoms with Crippen LogP contribution in [-0.2, 0) is 0 Å². The van der Waals surface area contributed by atoms with Crippen molar-refractivity contribution in [3.8, 4) is 0 Å². The number of hydrogen-bond acceptors (Lipinski definition) is 3. The lowest BCUT2D eigenvalue weighted by Crippen LogP contribution is -2.35. The van der Waals surface area contributed by atoms with E-state index in [2.05, 4.69) is 57.6 Å². The fraction of sp³-hybridized carbons (Fsp3) is 0.417. The zero-order chi connectivity index (χ0) is 22.4. The van der Waals surface area contributed by atoms with Gasteiger partial charge in [-0.2, -0.15) is 0 Å². The Morgan fingerprint density at radius 1 is 1.03 bits per heavy atom. The number of amides is 3. The van der Waals surface area contributed by atoms with Crippen LogP contribution in [-0.4, -0.2) is 31.6 Å². The Kier molecular flexibility index (Phi) is 7.96. The van der Waals surface area contributed by atoms with Gasteiger partial charge in [0.2, 0.25) is 0 Å². The Bertz CT molecular complexity index is 906. The van der Waals surface area contributed by atoms with Crippen LogP contribution in [0.25, 0.3) is 0 Å². The van der Waals surface area contributed by atoms with E-state index >= 15 is 0 Å². The first-order valence-electron chi connectivity index (χ1n) is 10.8. The molecule has 1 saturated heterocycles. The van der Waals surface area contributed by atoms with Crippen LogP contribution in [0.1, 0.15) is 44.0 Å². The number of piperidine rings is 1. The van der Waals surface area contributed by atoms with Gasteiger partial charge in [0.05, 0.1) is 5.56 Å². The van der Waals surface area contributed by atoms with Gasteiger partial charge in [0, 0.05) is 41.2 Å². The second-order valence-corrected chi connectivity index (χ2v) is 9.51. The van der Waals surface area contributed by atoms with E-state index in [0.29, 0.717) is 35.3 Å². The number of benzene rings is 2. The van der Waals surface area contributed by atoms with E-state index in [0.717, 1.165) is 36.1 Å². The smallest absolute Gasteiger partial charge is 0.323 e. The van der Waals surface area contributed by atoms with Crippen molar-refractivity contribution in [1.29, 1.82) is 0 Å². The van der Waals surface area contributed by atoms with Crippen molar-refractivity contribution in [3.63, 3.8) is 0 Å². The highest BCUT2D eigenvalue weighted by Crippen LogP contribution is 2.29. The number of hydrogen-bond donors (Lipinski definition) is 3. The molecule has 1 aliphatic heterocycles. The number of anilines is 3. The van der Waals surface area contributed by atoms with Crippen LogP contribution in [0.5, 0.6) is 0 Å². The third-order valence-electron chi connectivity index (χ3n) is 5.40. The van der Waals surface area contributed by atoms with Gasteiger partial charge in [-0.3, -0.25) is 4.79 Å². The molecule has 1 aliphatic rings. The van der Waals surface area contributed by atoms with Crippen molar-refractivity contribution < 1.29 is 9.59 Å². The molecule has 1 heterocycles. The van der Waals surface area contributed by atoms with Crippen LogP contribution in [0.15, 0.2) is 46.9 Å². The molecule has 166 valence electrons. The van der Waals surface area contributed by atoms with Gasteiger partial charge in [-0.1, -0.05) is 36.7 Å². The Morgan fingerprint density at radius 3 is 2.29 bits per heavy atom. The Hall–Kier alpha value is -2.54. The van der Waals surface area contributed by atoms with Crippen LogP contribution in [0.3, 0.4) is 0 Å². The molecule has 0 aromatic heterocycles. The molecule has 2 aromatic rings. The minimum atomic E-state index is -0.351. The maximum atomic E-state index is 13.0. The summed E-state index contributed by atoms with van der Waals surface area (Å²) in [5.74, 6) is 0.957. The summed E-state index contributed by atoms with van der Waals surface area (Å²) >= 11 is 3.38. The Morgan fingerprint density at radius 2 is 1.65 bits per heavy atom. The molecule has 0 spiro atoms. The van der Waals surface area contributed by atoms with Gasteiger partial charge >= 0.3 is 6.03 Å². The molecule has 0 radical (unpaired) electrons. The first-order valence-corrected chi connectivity index (χ1v) is 11.6.